The Morgan fingerprint density at radius 3 is 2.38 bits per heavy atom. The Morgan fingerprint density at radius 2 is 1.71 bits per heavy atom. The Morgan fingerprint density at radius 1 is 1.00 bits per heavy atom. The molecule has 0 unspecified atom stereocenters. The quantitative estimate of drug-likeness (QED) is 0.442. The fourth-order valence-corrected chi connectivity index (χ4v) is 3.13. The van der Waals surface area contributed by atoms with Gasteiger partial charge in [-0.1, -0.05) is 27.5 Å². The Kier molecular flexibility index (Phi) is 4.93. The van der Waals surface area contributed by atoms with Crippen LogP contribution < -0.4 is 0 Å². The standard InChI is InChI=1S/C20H18BrClN2/c1-13-10-18(6-9-20(13)21)23-12-16-11-14(2)24(15(16)3)19-7-4-17(22)5-8-19/h4-12H,1-3H3. The molecule has 0 saturated carbocycles. The van der Waals surface area contributed by atoms with E-state index in [2.05, 4.69) is 58.4 Å². The molecule has 0 radical (unpaired) electrons. The summed E-state index contributed by atoms with van der Waals surface area (Å²) in [5, 5.41) is 0.744. The summed E-state index contributed by atoms with van der Waals surface area (Å²) < 4.78 is 3.31. The average Bonchev–Trinajstić information content (AvgIpc) is 2.84. The molecule has 0 aliphatic rings. The molecule has 0 saturated heterocycles. The van der Waals surface area contributed by atoms with Gasteiger partial charge in [-0.3, -0.25) is 4.99 Å². The number of nitrogens with zero attached hydrogens (tertiary/aromatic N) is 2. The number of hydrogen-bond acceptors (Lipinski definition) is 1. The summed E-state index contributed by atoms with van der Waals surface area (Å²) in [6, 6.07) is 16.1. The van der Waals surface area contributed by atoms with E-state index in [1.54, 1.807) is 0 Å². The number of halogens is 2. The van der Waals surface area contributed by atoms with Gasteiger partial charge in [0.15, 0.2) is 0 Å². The SMILES string of the molecule is Cc1cc(N=Cc2cc(C)n(-c3ccc(Cl)cc3)c2C)ccc1Br. The largest absolute Gasteiger partial charge is 0.318 e. The van der Waals surface area contributed by atoms with Crippen LogP contribution in [0.1, 0.15) is 22.5 Å². The van der Waals surface area contributed by atoms with Crippen LogP contribution in [-0.4, -0.2) is 10.8 Å². The first-order valence-electron chi connectivity index (χ1n) is 7.71. The zero-order valence-corrected chi connectivity index (χ0v) is 16.2. The molecule has 122 valence electrons. The van der Waals surface area contributed by atoms with E-state index < -0.39 is 0 Å². The van der Waals surface area contributed by atoms with E-state index in [0.717, 1.165) is 32.1 Å². The second kappa shape index (κ2) is 6.96. The lowest BCUT2D eigenvalue weighted by Gasteiger charge is -2.09. The Hall–Kier alpha value is -1.84. The van der Waals surface area contributed by atoms with Crippen molar-refractivity contribution in [1.82, 2.24) is 4.57 Å². The number of benzene rings is 2. The zero-order valence-electron chi connectivity index (χ0n) is 13.8. The number of hydrogen-bond donors (Lipinski definition) is 0. The normalized spacial score (nSPS) is 11.4. The van der Waals surface area contributed by atoms with Gasteiger partial charge in [0.25, 0.3) is 0 Å². The van der Waals surface area contributed by atoms with E-state index in [4.69, 9.17) is 11.6 Å². The smallest absolute Gasteiger partial charge is 0.0633 e. The summed E-state index contributed by atoms with van der Waals surface area (Å²) in [7, 11) is 0. The summed E-state index contributed by atoms with van der Waals surface area (Å²) in [6.07, 6.45) is 1.93. The van der Waals surface area contributed by atoms with E-state index in [-0.39, 0.29) is 0 Å². The van der Waals surface area contributed by atoms with Gasteiger partial charge in [-0.15, -0.1) is 0 Å². The summed E-state index contributed by atoms with van der Waals surface area (Å²) >= 11 is 9.51. The topological polar surface area (TPSA) is 17.3 Å². The molecule has 1 aromatic heterocycles. The maximum atomic E-state index is 5.99. The predicted octanol–water partition coefficient (Wildman–Crippen LogP) is 6.57. The minimum Gasteiger partial charge on any atom is -0.318 e. The van der Waals surface area contributed by atoms with E-state index in [0.29, 0.717) is 0 Å². The molecule has 3 aromatic rings. The molecule has 1 heterocycles. The lowest BCUT2D eigenvalue weighted by molar-refractivity contribution is 0.965. The minimum absolute atomic E-state index is 0.744. The molecule has 0 amide bonds. The molecule has 0 N–H and O–H groups in total. The number of aliphatic imine (C=N–C) groups is 1. The van der Waals surface area contributed by atoms with Crippen LogP contribution in [0.25, 0.3) is 5.69 Å². The number of rotatable bonds is 3. The highest BCUT2D eigenvalue weighted by Crippen LogP contribution is 2.24. The first kappa shape index (κ1) is 17.0. The molecule has 3 rings (SSSR count). The van der Waals surface area contributed by atoms with Crippen LogP contribution in [0.5, 0.6) is 0 Å². The van der Waals surface area contributed by atoms with Crippen molar-refractivity contribution in [2.45, 2.75) is 20.8 Å². The van der Waals surface area contributed by atoms with Gasteiger partial charge in [-0.05, 0) is 74.9 Å². The van der Waals surface area contributed by atoms with Crippen molar-refractivity contribution in [2.75, 3.05) is 0 Å². The number of aromatic nitrogens is 1. The summed E-state index contributed by atoms with van der Waals surface area (Å²) in [5.74, 6) is 0. The van der Waals surface area contributed by atoms with Gasteiger partial charge in [-0.25, -0.2) is 0 Å². The van der Waals surface area contributed by atoms with Crippen molar-refractivity contribution >= 4 is 39.4 Å². The Balaban J connectivity index is 1.95. The second-order valence-electron chi connectivity index (χ2n) is 5.83. The highest BCUT2D eigenvalue weighted by Gasteiger charge is 2.09. The molecule has 0 bridgehead atoms. The van der Waals surface area contributed by atoms with Crippen LogP contribution >= 0.6 is 27.5 Å². The van der Waals surface area contributed by atoms with Crippen molar-refractivity contribution in [3.05, 3.63) is 80.5 Å². The summed E-state index contributed by atoms with van der Waals surface area (Å²) in [5.41, 5.74) is 6.68. The lowest BCUT2D eigenvalue weighted by Crippen LogP contribution is -1.99. The van der Waals surface area contributed by atoms with Crippen LogP contribution in [0, 0.1) is 20.8 Å². The summed E-state index contributed by atoms with van der Waals surface area (Å²) in [6.45, 7) is 6.27. The van der Waals surface area contributed by atoms with Crippen LogP contribution in [0.3, 0.4) is 0 Å². The third-order valence-electron chi connectivity index (χ3n) is 4.05. The number of aryl methyl sites for hydroxylation is 2. The van der Waals surface area contributed by atoms with Crippen molar-refractivity contribution in [3.8, 4) is 5.69 Å². The van der Waals surface area contributed by atoms with Gasteiger partial charge in [-0.2, -0.15) is 0 Å². The first-order chi connectivity index (χ1) is 11.5. The second-order valence-corrected chi connectivity index (χ2v) is 7.12. The molecule has 0 aliphatic carbocycles. The van der Waals surface area contributed by atoms with E-state index in [1.165, 1.54) is 11.3 Å². The fourth-order valence-electron chi connectivity index (χ4n) is 2.76. The maximum absolute atomic E-state index is 5.99. The van der Waals surface area contributed by atoms with Crippen molar-refractivity contribution in [2.24, 2.45) is 4.99 Å². The van der Waals surface area contributed by atoms with Gasteiger partial charge in [0, 0.05) is 38.3 Å². The van der Waals surface area contributed by atoms with E-state index in [9.17, 15) is 0 Å². The third kappa shape index (κ3) is 3.47. The molecule has 4 heteroatoms. The zero-order chi connectivity index (χ0) is 17.3. The van der Waals surface area contributed by atoms with E-state index >= 15 is 0 Å². The van der Waals surface area contributed by atoms with Gasteiger partial charge in [0.2, 0.25) is 0 Å². The van der Waals surface area contributed by atoms with Crippen LogP contribution in [-0.2, 0) is 0 Å². The monoisotopic (exact) mass is 400 g/mol. The first-order valence-corrected chi connectivity index (χ1v) is 8.88. The highest BCUT2D eigenvalue weighted by molar-refractivity contribution is 9.10. The van der Waals surface area contributed by atoms with Gasteiger partial charge >= 0.3 is 0 Å². The predicted molar refractivity (Wildman–Crippen MR) is 106 cm³/mol. The Bertz CT molecular complexity index is 908. The van der Waals surface area contributed by atoms with E-state index in [1.807, 2.05) is 42.6 Å². The summed E-state index contributed by atoms with van der Waals surface area (Å²) in [4.78, 5) is 4.62. The molecule has 0 atom stereocenters. The molecule has 0 fully saturated rings. The highest BCUT2D eigenvalue weighted by atomic mass is 79.9. The van der Waals surface area contributed by atoms with Crippen LogP contribution in [0.4, 0.5) is 5.69 Å². The molecule has 0 spiro atoms. The van der Waals surface area contributed by atoms with Gasteiger partial charge < -0.3 is 4.57 Å². The van der Waals surface area contributed by atoms with Crippen molar-refractivity contribution in [3.63, 3.8) is 0 Å². The van der Waals surface area contributed by atoms with Gasteiger partial charge in [0.05, 0.1) is 5.69 Å². The molecule has 2 nitrogen and oxygen atoms in total. The lowest BCUT2D eigenvalue weighted by atomic mass is 10.2. The van der Waals surface area contributed by atoms with Crippen LogP contribution in [0.2, 0.25) is 5.02 Å². The molecule has 2 aromatic carbocycles. The average molecular weight is 402 g/mol. The molecule has 24 heavy (non-hydrogen) atoms. The van der Waals surface area contributed by atoms with Gasteiger partial charge in [0.1, 0.15) is 0 Å². The third-order valence-corrected chi connectivity index (χ3v) is 5.19. The Labute approximate surface area is 155 Å². The minimum atomic E-state index is 0.744. The fraction of sp³-hybridized carbons (Fsp3) is 0.150. The van der Waals surface area contributed by atoms with Crippen molar-refractivity contribution in [1.29, 1.82) is 0 Å². The molecule has 0 aliphatic heterocycles. The van der Waals surface area contributed by atoms with Crippen LogP contribution in [0.15, 0.2) is 58.0 Å². The molecular weight excluding hydrogens is 384 g/mol. The maximum Gasteiger partial charge on any atom is 0.0633 e. The van der Waals surface area contributed by atoms with Crippen molar-refractivity contribution < 1.29 is 0 Å². The molecular formula is C20H18BrClN2.